The van der Waals surface area contributed by atoms with Crippen molar-refractivity contribution in [1.29, 1.82) is 0 Å². The fraction of sp³-hybridized carbons (Fsp3) is 0.333. The number of ether oxygens (including phenoxy) is 1. The maximum absolute atomic E-state index is 5.10. The number of hydrogen-bond donors (Lipinski definition) is 0. The monoisotopic (exact) mass is 244 g/mol. The van der Waals surface area contributed by atoms with Gasteiger partial charge in [-0.2, -0.15) is 0 Å². The summed E-state index contributed by atoms with van der Waals surface area (Å²) < 4.78 is 6.24. The summed E-state index contributed by atoms with van der Waals surface area (Å²) in [7, 11) is 0. The van der Waals surface area contributed by atoms with Crippen molar-refractivity contribution in [2.24, 2.45) is 0 Å². The van der Waals surface area contributed by atoms with Gasteiger partial charge in [0.25, 0.3) is 0 Å². The van der Waals surface area contributed by atoms with Crippen LogP contribution in [0.2, 0.25) is 0 Å². The molecular weight excluding hydrogens is 236 g/mol. The molecule has 1 aliphatic heterocycles. The summed E-state index contributed by atoms with van der Waals surface area (Å²) in [6.07, 6.45) is 0. The Labute approximate surface area is 84.6 Å². The number of halogens is 1. The van der Waals surface area contributed by atoms with E-state index in [-0.39, 0.29) is 0 Å². The Morgan fingerprint density at radius 2 is 1.92 bits per heavy atom. The Morgan fingerprint density at radius 1 is 1.25 bits per heavy atom. The van der Waals surface area contributed by atoms with Gasteiger partial charge in [-0.1, -0.05) is 15.9 Å². The van der Waals surface area contributed by atoms with Gasteiger partial charge in [0, 0.05) is 9.37 Å². The van der Waals surface area contributed by atoms with Crippen molar-refractivity contribution in [1.82, 2.24) is 0 Å². The predicted molar refractivity (Wildman–Crippen MR) is 54.6 cm³/mol. The first-order valence-electron chi connectivity index (χ1n) is 3.84. The maximum atomic E-state index is 5.10. The Morgan fingerprint density at radius 3 is 2.42 bits per heavy atom. The summed E-state index contributed by atoms with van der Waals surface area (Å²) in [6, 6.07) is 8.41. The fourth-order valence-electron chi connectivity index (χ4n) is 0.988. The highest BCUT2D eigenvalue weighted by Gasteiger charge is 2.18. The van der Waals surface area contributed by atoms with E-state index in [0.29, 0.717) is 5.25 Å². The van der Waals surface area contributed by atoms with Crippen LogP contribution in [-0.4, -0.2) is 18.5 Å². The van der Waals surface area contributed by atoms with E-state index in [0.717, 1.165) is 17.7 Å². The lowest BCUT2D eigenvalue weighted by atomic mass is 10.4. The highest BCUT2D eigenvalue weighted by atomic mass is 79.9. The summed E-state index contributed by atoms with van der Waals surface area (Å²) >= 11 is 5.30. The Hall–Kier alpha value is 0.01000. The van der Waals surface area contributed by atoms with E-state index in [4.69, 9.17) is 4.74 Å². The molecule has 0 aromatic heterocycles. The number of hydrogen-bond acceptors (Lipinski definition) is 2. The smallest absolute Gasteiger partial charge is 0.0611 e. The van der Waals surface area contributed by atoms with Crippen LogP contribution in [0.4, 0.5) is 0 Å². The molecule has 0 bridgehead atoms. The Bertz CT molecular complexity index is 256. The first-order chi connectivity index (χ1) is 5.84. The van der Waals surface area contributed by atoms with Gasteiger partial charge in [0.2, 0.25) is 0 Å². The van der Waals surface area contributed by atoms with Gasteiger partial charge in [-0.3, -0.25) is 0 Å². The first kappa shape index (κ1) is 8.60. The number of thioether (sulfide) groups is 1. The molecule has 0 atom stereocenters. The van der Waals surface area contributed by atoms with Gasteiger partial charge in [0.05, 0.1) is 18.5 Å². The summed E-state index contributed by atoms with van der Waals surface area (Å²) in [5, 5.41) is 0.672. The van der Waals surface area contributed by atoms with Gasteiger partial charge >= 0.3 is 0 Å². The van der Waals surface area contributed by atoms with Crippen LogP contribution in [0.3, 0.4) is 0 Å². The standard InChI is InChI=1S/C9H9BrOS/c10-7-1-3-8(4-2-7)12-9-5-11-6-9/h1-4,9H,5-6H2. The molecule has 0 saturated carbocycles. The average molecular weight is 245 g/mol. The fourth-order valence-corrected chi connectivity index (χ4v) is 2.26. The number of benzene rings is 1. The van der Waals surface area contributed by atoms with Gasteiger partial charge in [0.15, 0.2) is 0 Å². The molecule has 0 N–H and O–H groups in total. The molecule has 64 valence electrons. The molecule has 0 radical (unpaired) electrons. The summed E-state index contributed by atoms with van der Waals surface area (Å²) in [5.41, 5.74) is 0. The highest BCUT2D eigenvalue weighted by molar-refractivity contribution is 9.10. The van der Waals surface area contributed by atoms with Crippen molar-refractivity contribution >= 4 is 27.7 Å². The molecule has 1 aromatic carbocycles. The predicted octanol–water partition coefficient (Wildman–Crippen LogP) is 2.94. The third-order valence-corrected chi connectivity index (χ3v) is 3.40. The maximum Gasteiger partial charge on any atom is 0.0611 e. The molecular formula is C9H9BrOS. The van der Waals surface area contributed by atoms with Crippen molar-refractivity contribution in [3.63, 3.8) is 0 Å². The Kier molecular flexibility index (Phi) is 2.73. The first-order valence-corrected chi connectivity index (χ1v) is 5.52. The van der Waals surface area contributed by atoms with Crippen LogP contribution in [0.25, 0.3) is 0 Å². The molecule has 0 amide bonds. The Balaban J connectivity index is 1.98. The SMILES string of the molecule is Brc1ccc(SC2COC2)cc1. The molecule has 2 rings (SSSR count). The van der Waals surface area contributed by atoms with Crippen molar-refractivity contribution < 1.29 is 4.74 Å². The summed E-state index contributed by atoms with van der Waals surface area (Å²) in [6.45, 7) is 1.81. The van der Waals surface area contributed by atoms with E-state index >= 15 is 0 Å². The topological polar surface area (TPSA) is 9.23 Å². The second-order valence-electron chi connectivity index (χ2n) is 2.73. The minimum atomic E-state index is 0.672. The molecule has 0 spiro atoms. The summed E-state index contributed by atoms with van der Waals surface area (Å²) in [5.74, 6) is 0. The highest BCUT2D eigenvalue weighted by Crippen LogP contribution is 2.28. The van der Waals surface area contributed by atoms with Crippen LogP contribution in [-0.2, 0) is 4.74 Å². The van der Waals surface area contributed by atoms with E-state index in [9.17, 15) is 0 Å². The quantitative estimate of drug-likeness (QED) is 0.792. The minimum absolute atomic E-state index is 0.672. The lowest BCUT2D eigenvalue weighted by Gasteiger charge is -2.25. The zero-order chi connectivity index (χ0) is 8.39. The molecule has 1 nitrogen and oxygen atoms in total. The van der Waals surface area contributed by atoms with Gasteiger partial charge in [-0.05, 0) is 24.3 Å². The van der Waals surface area contributed by atoms with E-state index in [1.165, 1.54) is 4.90 Å². The van der Waals surface area contributed by atoms with Crippen LogP contribution >= 0.6 is 27.7 Å². The third-order valence-electron chi connectivity index (χ3n) is 1.72. The zero-order valence-corrected chi connectivity index (χ0v) is 8.90. The van der Waals surface area contributed by atoms with Crippen LogP contribution in [0.5, 0.6) is 0 Å². The lowest BCUT2D eigenvalue weighted by molar-refractivity contribution is 0.0455. The van der Waals surface area contributed by atoms with E-state index in [1.54, 1.807) is 0 Å². The average Bonchev–Trinajstić information content (AvgIpc) is 2.00. The second kappa shape index (κ2) is 3.81. The normalized spacial score (nSPS) is 17.4. The largest absolute Gasteiger partial charge is 0.379 e. The van der Waals surface area contributed by atoms with Gasteiger partial charge < -0.3 is 4.74 Å². The van der Waals surface area contributed by atoms with Gasteiger partial charge in [-0.15, -0.1) is 11.8 Å². The molecule has 1 fully saturated rings. The third kappa shape index (κ3) is 2.03. The van der Waals surface area contributed by atoms with Crippen molar-refractivity contribution in [3.8, 4) is 0 Å². The van der Waals surface area contributed by atoms with Gasteiger partial charge in [0.1, 0.15) is 0 Å². The molecule has 12 heavy (non-hydrogen) atoms. The van der Waals surface area contributed by atoms with Gasteiger partial charge in [-0.25, -0.2) is 0 Å². The van der Waals surface area contributed by atoms with E-state index in [2.05, 4.69) is 40.2 Å². The molecule has 0 unspecified atom stereocenters. The molecule has 1 saturated heterocycles. The van der Waals surface area contributed by atoms with Crippen LogP contribution < -0.4 is 0 Å². The molecule has 1 aliphatic rings. The molecule has 1 heterocycles. The molecule has 3 heteroatoms. The van der Waals surface area contributed by atoms with Crippen LogP contribution in [0.15, 0.2) is 33.6 Å². The second-order valence-corrected chi connectivity index (χ2v) is 5.02. The lowest BCUT2D eigenvalue weighted by Crippen LogP contribution is -2.29. The van der Waals surface area contributed by atoms with Crippen molar-refractivity contribution in [2.45, 2.75) is 10.1 Å². The zero-order valence-electron chi connectivity index (χ0n) is 6.50. The van der Waals surface area contributed by atoms with E-state index < -0.39 is 0 Å². The minimum Gasteiger partial charge on any atom is -0.379 e. The van der Waals surface area contributed by atoms with Crippen molar-refractivity contribution in [2.75, 3.05) is 13.2 Å². The van der Waals surface area contributed by atoms with Crippen LogP contribution in [0.1, 0.15) is 0 Å². The molecule has 0 aliphatic carbocycles. The number of rotatable bonds is 2. The molecule has 1 aromatic rings. The van der Waals surface area contributed by atoms with Crippen LogP contribution in [0, 0.1) is 0 Å². The van der Waals surface area contributed by atoms with Crippen molar-refractivity contribution in [3.05, 3.63) is 28.7 Å². The summed E-state index contributed by atoms with van der Waals surface area (Å²) in [4.78, 5) is 1.33. The van der Waals surface area contributed by atoms with E-state index in [1.807, 2.05) is 11.8 Å².